The number of amides is 1. The topological polar surface area (TPSA) is 56.8 Å². The molecule has 0 unspecified atom stereocenters. The van der Waals surface area contributed by atoms with Crippen molar-refractivity contribution >= 4 is 37.5 Å². The van der Waals surface area contributed by atoms with Crippen molar-refractivity contribution in [2.75, 3.05) is 0 Å². The molecular weight excluding hydrogens is 501 g/mol. The predicted octanol–water partition coefficient (Wildman–Crippen LogP) is 7.60. The number of hydrogen-bond donors (Lipinski definition) is 1. The summed E-state index contributed by atoms with van der Waals surface area (Å²) in [6, 6.07) is 9.80. The molecule has 39 heavy (non-hydrogen) atoms. The third-order valence-corrected chi connectivity index (χ3v) is 14.8. The minimum absolute atomic E-state index is 0.412. The van der Waals surface area contributed by atoms with Gasteiger partial charge in [-0.05, 0) is 82.7 Å². The summed E-state index contributed by atoms with van der Waals surface area (Å²) in [5.74, 6) is 4.12. The molecule has 0 aromatic heterocycles. The van der Waals surface area contributed by atoms with E-state index in [1.807, 2.05) is 45.0 Å². The van der Waals surface area contributed by atoms with Crippen LogP contribution in [0.1, 0.15) is 95.6 Å². The van der Waals surface area contributed by atoms with E-state index in [-0.39, 0.29) is 0 Å². The number of benzene rings is 2. The number of rotatable bonds is 5. The number of carbonyl (C=O) groups is 1. The largest absolute Gasteiger partial charge is 0.495 e. The van der Waals surface area contributed by atoms with Gasteiger partial charge in [-0.15, -0.1) is 5.54 Å². The van der Waals surface area contributed by atoms with Gasteiger partial charge in [-0.3, -0.25) is 0 Å². The molecule has 0 bridgehead atoms. The molecule has 0 atom stereocenters. The van der Waals surface area contributed by atoms with Crippen LogP contribution in [0.4, 0.5) is 4.79 Å². The van der Waals surface area contributed by atoms with E-state index in [0.717, 1.165) is 21.8 Å². The standard InChI is InChI=1S/C32H48BNO4Si/c1-21(2)39(22(3)4,23(5)6)20-19-24-15-14-16-25-27(36-29(35)34-30(7,8)9)18-17-26(28(24)25)33-37-31(10,11)32(12,13)38-33/h14-18,21-23H,1-13H3,(H,34,35). The van der Waals surface area contributed by atoms with Crippen LogP contribution < -0.4 is 15.5 Å². The average molecular weight is 550 g/mol. The molecule has 1 heterocycles. The van der Waals surface area contributed by atoms with E-state index in [1.165, 1.54) is 0 Å². The van der Waals surface area contributed by atoms with E-state index < -0.39 is 38.0 Å². The van der Waals surface area contributed by atoms with Crippen molar-refractivity contribution in [2.45, 2.75) is 123 Å². The van der Waals surface area contributed by atoms with Crippen LogP contribution in [0.25, 0.3) is 10.8 Å². The van der Waals surface area contributed by atoms with Gasteiger partial charge in [0.1, 0.15) is 13.8 Å². The van der Waals surface area contributed by atoms with E-state index in [0.29, 0.717) is 22.4 Å². The van der Waals surface area contributed by atoms with E-state index in [4.69, 9.17) is 14.0 Å². The highest BCUT2D eigenvalue weighted by Gasteiger charge is 2.52. The monoisotopic (exact) mass is 549 g/mol. The Labute approximate surface area is 237 Å². The fourth-order valence-electron chi connectivity index (χ4n) is 5.81. The molecule has 0 aliphatic carbocycles. The zero-order chi connectivity index (χ0) is 29.6. The van der Waals surface area contributed by atoms with E-state index in [1.54, 1.807) is 0 Å². The van der Waals surface area contributed by atoms with Gasteiger partial charge in [0.05, 0.1) is 11.2 Å². The van der Waals surface area contributed by atoms with Crippen LogP contribution in [-0.2, 0) is 9.31 Å². The molecular formula is C32H48BNO4Si. The van der Waals surface area contributed by atoms with Crippen LogP contribution in [0, 0.1) is 11.5 Å². The Morgan fingerprint density at radius 1 is 0.923 bits per heavy atom. The highest BCUT2D eigenvalue weighted by Crippen LogP contribution is 2.41. The molecule has 0 spiro atoms. The lowest BCUT2D eigenvalue weighted by Crippen LogP contribution is -2.43. The average Bonchev–Trinajstić information content (AvgIpc) is 2.99. The van der Waals surface area contributed by atoms with Crippen molar-refractivity contribution in [1.29, 1.82) is 0 Å². The summed E-state index contributed by atoms with van der Waals surface area (Å²) < 4.78 is 18.8. The van der Waals surface area contributed by atoms with Gasteiger partial charge >= 0.3 is 13.2 Å². The van der Waals surface area contributed by atoms with Crippen LogP contribution in [0.3, 0.4) is 0 Å². The zero-order valence-corrected chi connectivity index (χ0v) is 27.3. The second-order valence-electron chi connectivity index (χ2n) is 13.9. The zero-order valence-electron chi connectivity index (χ0n) is 26.3. The van der Waals surface area contributed by atoms with Crippen molar-refractivity contribution < 1.29 is 18.8 Å². The fraction of sp³-hybridized carbons (Fsp3) is 0.594. The van der Waals surface area contributed by atoms with Crippen molar-refractivity contribution in [2.24, 2.45) is 0 Å². The lowest BCUT2D eigenvalue weighted by molar-refractivity contribution is 0.00578. The molecule has 2 aromatic carbocycles. The molecule has 1 saturated heterocycles. The lowest BCUT2D eigenvalue weighted by Gasteiger charge is -2.38. The normalized spacial score (nSPS) is 17.1. The van der Waals surface area contributed by atoms with Crippen molar-refractivity contribution in [3.8, 4) is 17.2 Å². The molecule has 212 valence electrons. The predicted molar refractivity (Wildman–Crippen MR) is 167 cm³/mol. The smallest absolute Gasteiger partial charge is 0.410 e. The summed E-state index contributed by atoms with van der Waals surface area (Å²) in [6.07, 6.45) is -0.491. The van der Waals surface area contributed by atoms with Crippen LogP contribution in [0.5, 0.6) is 5.75 Å². The maximum Gasteiger partial charge on any atom is 0.495 e. The number of ether oxygens (including phenoxy) is 1. The molecule has 3 rings (SSSR count). The first-order valence-corrected chi connectivity index (χ1v) is 16.5. The Morgan fingerprint density at radius 2 is 1.46 bits per heavy atom. The minimum atomic E-state index is -1.98. The van der Waals surface area contributed by atoms with Crippen LogP contribution in [0.15, 0.2) is 30.3 Å². The van der Waals surface area contributed by atoms with Gasteiger partial charge in [-0.25, -0.2) is 4.79 Å². The highest BCUT2D eigenvalue weighted by atomic mass is 28.3. The Balaban J connectivity index is 2.27. The van der Waals surface area contributed by atoms with Gasteiger partial charge in [-0.1, -0.05) is 65.7 Å². The Hall–Kier alpha value is -2.27. The quantitative estimate of drug-likeness (QED) is 0.308. The van der Waals surface area contributed by atoms with E-state index in [9.17, 15) is 4.79 Å². The third kappa shape index (κ3) is 6.24. The molecule has 1 fully saturated rings. The number of hydrogen-bond acceptors (Lipinski definition) is 4. The minimum Gasteiger partial charge on any atom is -0.410 e. The molecule has 2 aromatic rings. The molecule has 1 aliphatic heterocycles. The van der Waals surface area contributed by atoms with Gasteiger partial charge in [0.15, 0.2) is 0 Å². The molecule has 1 amide bonds. The van der Waals surface area contributed by atoms with Gasteiger partial charge in [0.2, 0.25) is 0 Å². The molecule has 7 heteroatoms. The lowest BCUT2D eigenvalue weighted by atomic mass is 9.75. The number of carbonyl (C=O) groups excluding carboxylic acids is 1. The summed E-state index contributed by atoms with van der Waals surface area (Å²) in [5, 5.41) is 4.60. The first kappa shape index (κ1) is 31.3. The van der Waals surface area contributed by atoms with Gasteiger partial charge in [0.25, 0.3) is 0 Å². The summed E-state index contributed by atoms with van der Waals surface area (Å²) in [5.41, 5.74) is 5.83. The summed E-state index contributed by atoms with van der Waals surface area (Å²) in [7, 11) is -2.55. The van der Waals surface area contributed by atoms with Gasteiger partial charge in [0, 0.05) is 21.9 Å². The summed E-state index contributed by atoms with van der Waals surface area (Å²) in [4.78, 5) is 12.7. The van der Waals surface area contributed by atoms with Crippen molar-refractivity contribution in [1.82, 2.24) is 5.32 Å². The van der Waals surface area contributed by atoms with Crippen LogP contribution >= 0.6 is 0 Å². The summed E-state index contributed by atoms with van der Waals surface area (Å²) in [6.45, 7) is 27.9. The first-order chi connectivity index (χ1) is 17.8. The van der Waals surface area contributed by atoms with Crippen LogP contribution in [-0.4, -0.2) is 38.0 Å². The number of nitrogens with one attached hydrogen (secondary N) is 1. The molecule has 0 saturated carbocycles. The third-order valence-electron chi connectivity index (χ3n) is 8.50. The fourth-order valence-corrected chi connectivity index (χ4v) is 11.0. The van der Waals surface area contributed by atoms with Crippen molar-refractivity contribution in [3.63, 3.8) is 0 Å². The maximum absolute atomic E-state index is 12.7. The van der Waals surface area contributed by atoms with E-state index in [2.05, 4.69) is 92.1 Å². The Kier molecular flexibility index (Phi) is 8.78. The maximum atomic E-state index is 12.7. The Morgan fingerprint density at radius 3 is 1.95 bits per heavy atom. The van der Waals surface area contributed by atoms with Crippen molar-refractivity contribution in [3.05, 3.63) is 35.9 Å². The second-order valence-corrected chi connectivity index (χ2v) is 19.5. The van der Waals surface area contributed by atoms with Crippen LogP contribution in [0.2, 0.25) is 16.6 Å². The van der Waals surface area contributed by atoms with E-state index >= 15 is 0 Å². The summed E-state index contributed by atoms with van der Waals surface area (Å²) >= 11 is 0. The van der Waals surface area contributed by atoms with Gasteiger partial charge in [-0.2, -0.15) is 0 Å². The highest BCUT2D eigenvalue weighted by molar-refractivity contribution is 6.90. The first-order valence-electron chi connectivity index (χ1n) is 14.3. The Bertz CT molecular complexity index is 1240. The number of fused-ring (bicyclic) bond motifs is 1. The molecule has 1 N–H and O–H groups in total. The molecule has 5 nitrogen and oxygen atoms in total. The SMILES string of the molecule is CC(C)[Si](C#Cc1cccc2c(OC(=O)NC(C)(C)C)ccc(B3OC(C)(C)C(C)(C)O3)c12)(C(C)C)C(C)C. The molecule has 1 aliphatic rings. The second kappa shape index (κ2) is 11.0. The van der Waals surface area contributed by atoms with Gasteiger partial charge < -0.3 is 19.4 Å². The molecule has 0 radical (unpaired) electrons.